The quantitative estimate of drug-likeness (QED) is 0.519. The summed E-state index contributed by atoms with van der Waals surface area (Å²) in [4.78, 5) is 28.2. The van der Waals surface area contributed by atoms with E-state index in [0.29, 0.717) is 23.3 Å². The van der Waals surface area contributed by atoms with Crippen LogP contribution in [0.15, 0.2) is 29.2 Å². The number of thioether (sulfide) groups is 1. The molecule has 3 rings (SSSR count). The van der Waals surface area contributed by atoms with Gasteiger partial charge < -0.3 is 19.7 Å². The number of nitrogens with one attached hydrogen (secondary N) is 1. The molecule has 1 N–H and O–H groups in total. The summed E-state index contributed by atoms with van der Waals surface area (Å²) in [6.07, 6.45) is 7.03. The summed E-state index contributed by atoms with van der Waals surface area (Å²) < 4.78 is 10.2. The zero-order valence-electron chi connectivity index (χ0n) is 17.2. The molecule has 2 unspecified atom stereocenters. The van der Waals surface area contributed by atoms with Crippen molar-refractivity contribution in [3.05, 3.63) is 34.7 Å². The molecular weight excluding hydrogens is 388 g/mol. The lowest BCUT2D eigenvalue weighted by molar-refractivity contribution is -0.135. The molecule has 2 fully saturated rings. The monoisotopic (exact) mass is 418 g/mol. The summed E-state index contributed by atoms with van der Waals surface area (Å²) >= 11 is 1.67. The molecular formula is C22H30N2O4S. The van der Waals surface area contributed by atoms with Crippen LogP contribution in [0.4, 0.5) is 0 Å². The summed E-state index contributed by atoms with van der Waals surface area (Å²) in [5.41, 5.74) is 0.958. The lowest BCUT2D eigenvalue weighted by Crippen LogP contribution is -2.54. The highest BCUT2D eigenvalue weighted by Gasteiger charge is 2.41. The first-order valence-corrected chi connectivity index (χ1v) is 11.1. The van der Waals surface area contributed by atoms with Crippen molar-refractivity contribution in [2.75, 3.05) is 33.9 Å². The zero-order valence-corrected chi connectivity index (χ0v) is 18.0. The zero-order chi connectivity index (χ0) is 20.6. The van der Waals surface area contributed by atoms with Crippen molar-refractivity contribution in [2.24, 2.45) is 0 Å². The summed E-state index contributed by atoms with van der Waals surface area (Å²) in [7, 11) is 3.28. The normalized spacial score (nSPS) is 23.0. The Kier molecular flexibility index (Phi) is 8.00. The Balaban J connectivity index is 1.73. The molecule has 29 heavy (non-hydrogen) atoms. The van der Waals surface area contributed by atoms with Gasteiger partial charge in [0.15, 0.2) is 0 Å². The van der Waals surface area contributed by atoms with E-state index in [9.17, 15) is 9.59 Å². The van der Waals surface area contributed by atoms with Gasteiger partial charge in [-0.3, -0.25) is 9.59 Å². The standard InChI is InChI=1S/C22H30N2O4S/c1-27-13-5-12-23-21(25)15-24-18-6-3-4-7-19(18)29-20(22(24)26)14-16-8-10-17(28-2)11-9-16/h8-11,14,18-19H,3-7,12-13,15H2,1-2H3,(H,23,25)/b20-14-. The van der Waals surface area contributed by atoms with Crippen molar-refractivity contribution < 1.29 is 19.1 Å². The molecule has 2 aliphatic rings. The molecule has 1 aromatic carbocycles. The highest BCUT2D eigenvalue weighted by Crippen LogP contribution is 2.42. The van der Waals surface area contributed by atoms with Crippen molar-refractivity contribution in [1.82, 2.24) is 10.2 Å². The Hall–Kier alpha value is -1.99. The van der Waals surface area contributed by atoms with E-state index in [1.807, 2.05) is 30.3 Å². The van der Waals surface area contributed by atoms with Gasteiger partial charge in [0.2, 0.25) is 5.91 Å². The molecule has 6 nitrogen and oxygen atoms in total. The topological polar surface area (TPSA) is 67.9 Å². The third-order valence-corrected chi connectivity index (χ3v) is 6.79. The van der Waals surface area contributed by atoms with E-state index in [-0.39, 0.29) is 24.4 Å². The number of nitrogens with zero attached hydrogens (tertiary/aromatic N) is 1. The number of carbonyl (C=O) groups is 2. The molecule has 7 heteroatoms. The second kappa shape index (κ2) is 10.7. The summed E-state index contributed by atoms with van der Waals surface area (Å²) in [5.74, 6) is 0.643. The number of hydrogen-bond donors (Lipinski definition) is 1. The Morgan fingerprint density at radius 1 is 1.24 bits per heavy atom. The maximum atomic E-state index is 13.2. The number of benzene rings is 1. The molecule has 1 saturated heterocycles. The van der Waals surface area contributed by atoms with Gasteiger partial charge in [-0.15, -0.1) is 11.8 Å². The molecule has 0 bridgehead atoms. The highest BCUT2D eigenvalue weighted by atomic mass is 32.2. The number of carbonyl (C=O) groups excluding carboxylic acids is 2. The predicted octanol–water partition coefficient (Wildman–Crippen LogP) is 3.08. The van der Waals surface area contributed by atoms with E-state index in [2.05, 4.69) is 5.32 Å². The molecule has 1 aromatic rings. The van der Waals surface area contributed by atoms with E-state index in [4.69, 9.17) is 9.47 Å². The van der Waals surface area contributed by atoms with Gasteiger partial charge in [-0.25, -0.2) is 0 Å². The molecule has 158 valence electrons. The molecule has 0 spiro atoms. The van der Waals surface area contributed by atoms with Crippen molar-refractivity contribution in [1.29, 1.82) is 0 Å². The summed E-state index contributed by atoms with van der Waals surface area (Å²) in [6, 6.07) is 7.80. The second-order valence-corrected chi connectivity index (χ2v) is 8.70. The van der Waals surface area contributed by atoms with E-state index in [0.717, 1.165) is 37.0 Å². The van der Waals surface area contributed by atoms with Gasteiger partial charge in [0.1, 0.15) is 12.3 Å². The number of hydrogen-bond acceptors (Lipinski definition) is 5. The van der Waals surface area contributed by atoms with Gasteiger partial charge in [0.05, 0.1) is 12.0 Å². The Morgan fingerprint density at radius 2 is 2.00 bits per heavy atom. The first-order valence-electron chi connectivity index (χ1n) is 10.2. The first-order chi connectivity index (χ1) is 14.1. The minimum atomic E-state index is -0.102. The summed E-state index contributed by atoms with van der Waals surface area (Å²) in [6.45, 7) is 1.29. The number of ether oxygens (including phenoxy) is 2. The fourth-order valence-electron chi connectivity index (χ4n) is 3.87. The van der Waals surface area contributed by atoms with Crippen LogP contribution >= 0.6 is 11.8 Å². The minimum Gasteiger partial charge on any atom is -0.497 e. The third kappa shape index (κ3) is 5.76. The Labute approximate surface area is 177 Å². The van der Waals surface area contributed by atoms with Crippen LogP contribution in [0.25, 0.3) is 6.08 Å². The molecule has 1 aliphatic carbocycles. The van der Waals surface area contributed by atoms with E-state index >= 15 is 0 Å². The Morgan fingerprint density at radius 3 is 2.72 bits per heavy atom. The third-order valence-electron chi connectivity index (χ3n) is 5.39. The SMILES string of the molecule is COCCCNC(=O)CN1C(=O)/C(=C/c2ccc(OC)cc2)SC2CCCCC21. The molecule has 2 amide bonds. The van der Waals surface area contributed by atoms with E-state index in [1.165, 1.54) is 6.42 Å². The van der Waals surface area contributed by atoms with Gasteiger partial charge in [-0.05, 0) is 43.0 Å². The lowest BCUT2D eigenvalue weighted by Gasteiger charge is -2.43. The largest absolute Gasteiger partial charge is 0.497 e. The van der Waals surface area contributed by atoms with Crippen LogP contribution in [0.2, 0.25) is 0 Å². The maximum Gasteiger partial charge on any atom is 0.261 e. The van der Waals surface area contributed by atoms with Crippen LogP contribution in [-0.2, 0) is 14.3 Å². The molecule has 2 atom stereocenters. The van der Waals surface area contributed by atoms with Crippen LogP contribution in [-0.4, -0.2) is 61.9 Å². The van der Waals surface area contributed by atoms with Crippen LogP contribution in [0, 0.1) is 0 Å². The minimum absolute atomic E-state index is 0.0407. The lowest BCUT2D eigenvalue weighted by atomic mass is 9.93. The number of amides is 2. The maximum absolute atomic E-state index is 13.2. The predicted molar refractivity (Wildman–Crippen MR) is 116 cm³/mol. The fraction of sp³-hybridized carbons (Fsp3) is 0.545. The van der Waals surface area contributed by atoms with Gasteiger partial charge in [0.25, 0.3) is 5.91 Å². The van der Waals surface area contributed by atoms with Crippen LogP contribution < -0.4 is 10.1 Å². The van der Waals surface area contributed by atoms with Crippen molar-refractivity contribution >= 4 is 29.7 Å². The molecule has 0 aromatic heterocycles. The van der Waals surface area contributed by atoms with Crippen molar-refractivity contribution in [2.45, 2.75) is 43.4 Å². The van der Waals surface area contributed by atoms with Gasteiger partial charge in [-0.1, -0.05) is 25.0 Å². The average Bonchev–Trinajstić information content (AvgIpc) is 2.74. The second-order valence-electron chi connectivity index (χ2n) is 7.42. The molecule has 1 aliphatic heterocycles. The number of rotatable bonds is 8. The van der Waals surface area contributed by atoms with Crippen LogP contribution in [0.5, 0.6) is 5.75 Å². The first kappa shape index (κ1) is 21.7. The fourth-order valence-corrected chi connectivity index (χ4v) is 5.34. The van der Waals surface area contributed by atoms with Crippen LogP contribution in [0.3, 0.4) is 0 Å². The Bertz CT molecular complexity index is 735. The van der Waals surface area contributed by atoms with Crippen molar-refractivity contribution in [3.63, 3.8) is 0 Å². The van der Waals surface area contributed by atoms with E-state index in [1.54, 1.807) is 30.9 Å². The number of fused-ring (bicyclic) bond motifs is 1. The van der Waals surface area contributed by atoms with E-state index < -0.39 is 0 Å². The summed E-state index contributed by atoms with van der Waals surface area (Å²) in [5, 5.41) is 3.26. The average molecular weight is 419 g/mol. The highest BCUT2D eigenvalue weighted by molar-refractivity contribution is 8.04. The van der Waals surface area contributed by atoms with Gasteiger partial charge in [0, 0.05) is 31.6 Å². The molecule has 1 saturated carbocycles. The smallest absolute Gasteiger partial charge is 0.261 e. The van der Waals surface area contributed by atoms with Crippen molar-refractivity contribution in [3.8, 4) is 5.75 Å². The number of methoxy groups -OCH3 is 2. The van der Waals surface area contributed by atoms with Gasteiger partial charge >= 0.3 is 0 Å². The molecule has 1 heterocycles. The van der Waals surface area contributed by atoms with Crippen LogP contribution in [0.1, 0.15) is 37.7 Å². The van der Waals surface area contributed by atoms with Gasteiger partial charge in [-0.2, -0.15) is 0 Å². The molecule has 0 radical (unpaired) electrons.